The van der Waals surface area contributed by atoms with Crippen molar-refractivity contribution in [3.8, 4) is 0 Å². The van der Waals surface area contributed by atoms with Crippen LogP contribution in [0.25, 0.3) is 0 Å². The Kier molecular flexibility index (Phi) is 3.01. The number of hydrogen-bond acceptors (Lipinski definition) is 3. The van der Waals surface area contributed by atoms with Crippen molar-refractivity contribution in [1.82, 2.24) is 9.80 Å². The number of rotatable bonds is 3. The summed E-state index contributed by atoms with van der Waals surface area (Å²) in [5, 5.41) is 8.84. The summed E-state index contributed by atoms with van der Waals surface area (Å²) in [5.41, 5.74) is 0. The number of carboxylic acids is 1. The van der Waals surface area contributed by atoms with Crippen LogP contribution in [0.15, 0.2) is 0 Å². The summed E-state index contributed by atoms with van der Waals surface area (Å²) in [4.78, 5) is 27.0. The first-order valence-electron chi connectivity index (χ1n) is 6.90. The molecule has 0 saturated carbocycles. The Morgan fingerprint density at radius 3 is 2.89 bits per heavy atom. The van der Waals surface area contributed by atoms with E-state index in [0.717, 1.165) is 38.9 Å². The largest absolute Gasteiger partial charge is 0.481 e. The molecule has 3 unspecified atom stereocenters. The SMILES string of the molecule is O=C(O)CC1CCN(C2CC(=O)N3CCCC23)C1. The summed E-state index contributed by atoms with van der Waals surface area (Å²) in [6.07, 6.45) is 4.12. The van der Waals surface area contributed by atoms with Gasteiger partial charge >= 0.3 is 5.97 Å². The molecule has 0 bridgehead atoms. The van der Waals surface area contributed by atoms with Gasteiger partial charge in [0.25, 0.3) is 0 Å². The van der Waals surface area contributed by atoms with E-state index in [-0.39, 0.29) is 12.3 Å². The number of hydrogen-bond donors (Lipinski definition) is 1. The molecule has 5 heteroatoms. The third-order valence-corrected chi connectivity index (χ3v) is 4.70. The molecule has 0 aromatic rings. The van der Waals surface area contributed by atoms with Gasteiger partial charge in [0.2, 0.25) is 5.91 Å². The molecule has 3 saturated heterocycles. The minimum absolute atomic E-state index is 0.269. The molecule has 0 aliphatic carbocycles. The Bertz CT molecular complexity index is 371. The first-order valence-corrected chi connectivity index (χ1v) is 6.90. The average molecular weight is 252 g/mol. The average Bonchev–Trinajstić information content (AvgIpc) is 2.96. The predicted molar refractivity (Wildman–Crippen MR) is 65.1 cm³/mol. The quantitative estimate of drug-likeness (QED) is 0.796. The van der Waals surface area contributed by atoms with E-state index in [0.29, 0.717) is 24.4 Å². The van der Waals surface area contributed by atoms with Gasteiger partial charge in [-0.2, -0.15) is 0 Å². The van der Waals surface area contributed by atoms with Crippen LogP contribution in [0.2, 0.25) is 0 Å². The van der Waals surface area contributed by atoms with Crippen molar-refractivity contribution in [2.24, 2.45) is 5.92 Å². The fourth-order valence-corrected chi connectivity index (χ4v) is 3.88. The van der Waals surface area contributed by atoms with Crippen molar-refractivity contribution in [3.05, 3.63) is 0 Å². The van der Waals surface area contributed by atoms with Gasteiger partial charge in [-0.05, 0) is 31.7 Å². The molecule has 0 spiro atoms. The molecule has 0 aromatic carbocycles. The Balaban J connectivity index is 1.63. The fraction of sp³-hybridized carbons (Fsp3) is 0.846. The summed E-state index contributed by atoms with van der Waals surface area (Å²) in [6.45, 7) is 2.74. The van der Waals surface area contributed by atoms with Gasteiger partial charge in [-0.25, -0.2) is 0 Å². The highest BCUT2D eigenvalue weighted by Crippen LogP contribution is 2.35. The lowest BCUT2D eigenvalue weighted by Gasteiger charge is -2.28. The van der Waals surface area contributed by atoms with Crippen LogP contribution in [0.1, 0.15) is 32.1 Å². The van der Waals surface area contributed by atoms with E-state index in [1.165, 1.54) is 0 Å². The molecule has 1 amide bonds. The molecule has 3 aliphatic heterocycles. The van der Waals surface area contributed by atoms with Crippen LogP contribution in [0, 0.1) is 5.92 Å². The highest BCUT2D eigenvalue weighted by atomic mass is 16.4. The molecular formula is C13H20N2O3. The number of nitrogens with zero attached hydrogens (tertiary/aromatic N) is 2. The third kappa shape index (κ3) is 2.00. The molecule has 3 fully saturated rings. The highest BCUT2D eigenvalue weighted by Gasteiger charge is 2.46. The van der Waals surface area contributed by atoms with Crippen LogP contribution in [0.4, 0.5) is 0 Å². The molecule has 0 radical (unpaired) electrons. The van der Waals surface area contributed by atoms with E-state index in [1.807, 2.05) is 4.90 Å². The summed E-state index contributed by atoms with van der Waals surface area (Å²) in [6, 6.07) is 0.750. The zero-order chi connectivity index (χ0) is 12.7. The van der Waals surface area contributed by atoms with E-state index in [1.54, 1.807) is 0 Å². The van der Waals surface area contributed by atoms with Gasteiger partial charge in [0.05, 0.1) is 0 Å². The second-order valence-corrected chi connectivity index (χ2v) is 5.82. The Morgan fingerprint density at radius 1 is 1.28 bits per heavy atom. The second kappa shape index (κ2) is 4.53. The molecule has 1 N–H and O–H groups in total. The Morgan fingerprint density at radius 2 is 2.11 bits per heavy atom. The number of amides is 1. The zero-order valence-corrected chi connectivity index (χ0v) is 10.5. The lowest BCUT2D eigenvalue weighted by Crippen LogP contribution is -2.41. The second-order valence-electron chi connectivity index (χ2n) is 5.82. The van der Waals surface area contributed by atoms with E-state index in [4.69, 9.17) is 5.11 Å². The normalized spacial score (nSPS) is 36.3. The topological polar surface area (TPSA) is 60.9 Å². The van der Waals surface area contributed by atoms with Crippen LogP contribution in [0.5, 0.6) is 0 Å². The molecule has 3 heterocycles. The van der Waals surface area contributed by atoms with Crippen LogP contribution < -0.4 is 0 Å². The highest BCUT2D eigenvalue weighted by molar-refractivity contribution is 5.80. The van der Waals surface area contributed by atoms with Crippen LogP contribution in [-0.4, -0.2) is 58.5 Å². The zero-order valence-electron chi connectivity index (χ0n) is 10.5. The summed E-state index contributed by atoms with van der Waals surface area (Å²) in [7, 11) is 0. The Hall–Kier alpha value is -1.10. The maximum Gasteiger partial charge on any atom is 0.303 e. The van der Waals surface area contributed by atoms with Gasteiger partial charge in [-0.15, -0.1) is 0 Å². The van der Waals surface area contributed by atoms with Gasteiger partial charge in [0.15, 0.2) is 0 Å². The van der Waals surface area contributed by atoms with Gasteiger partial charge in [0, 0.05) is 38.0 Å². The lowest BCUT2D eigenvalue weighted by atomic mass is 10.0. The van der Waals surface area contributed by atoms with Crippen LogP contribution in [-0.2, 0) is 9.59 Å². The maximum atomic E-state index is 11.9. The summed E-state index contributed by atoms with van der Waals surface area (Å²) < 4.78 is 0. The molecule has 5 nitrogen and oxygen atoms in total. The van der Waals surface area contributed by atoms with Gasteiger partial charge in [0.1, 0.15) is 0 Å². The number of carbonyl (C=O) groups excluding carboxylic acids is 1. The van der Waals surface area contributed by atoms with Gasteiger partial charge < -0.3 is 10.0 Å². The molecule has 3 rings (SSSR count). The minimum Gasteiger partial charge on any atom is -0.481 e. The van der Waals surface area contributed by atoms with E-state index >= 15 is 0 Å². The first-order chi connectivity index (χ1) is 8.65. The fourth-order valence-electron chi connectivity index (χ4n) is 3.88. The molecule has 0 aromatic heterocycles. The molecule has 3 atom stereocenters. The van der Waals surface area contributed by atoms with Crippen molar-refractivity contribution in [1.29, 1.82) is 0 Å². The molecule has 18 heavy (non-hydrogen) atoms. The van der Waals surface area contributed by atoms with E-state index in [2.05, 4.69) is 4.90 Å². The predicted octanol–water partition coefficient (Wildman–Crippen LogP) is 0.546. The van der Waals surface area contributed by atoms with Crippen molar-refractivity contribution in [2.75, 3.05) is 19.6 Å². The third-order valence-electron chi connectivity index (χ3n) is 4.70. The van der Waals surface area contributed by atoms with Crippen molar-refractivity contribution < 1.29 is 14.7 Å². The van der Waals surface area contributed by atoms with Gasteiger partial charge in [-0.1, -0.05) is 0 Å². The minimum atomic E-state index is -0.702. The van der Waals surface area contributed by atoms with Crippen LogP contribution in [0.3, 0.4) is 0 Å². The summed E-state index contributed by atoms with van der Waals surface area (Å²) in [5.74, 6) is -0.135. The monoisotopic (exact) mass is 252 g/mol. The lowest BCUT2D eigenvalue weighted by molar-refractivity contribution is -0.138. The molecule has 3 aliphatic rings. The molecule has 100 valence electrons. The number of aliphatic carboxylic acids is 1. The summed E-state index contributed by atoms with van der Waals surface area (Å²) >= 11 is 0. The van der Waals surface area contributed by atoms with E-state index in [9.17, 15) is 9.59 Å². The number of carboxylic acid groups (broad SMARTS) is 1. The standard InChI is InChI=1S/C13H20N2O3/c16-12-7-11(10-2-1-4-15(10)12)14-5-3-9(8-14)6-13(17)18/h9-11H,1-8H2,(H,17,18). The number of carbonyl (C=O) groups is 2. The molecular weight excluding hydrogens is 232 g/mol. The number of likely N-dealkylation sites (tertiary alicyclic amines) is 1. The smallest absolute Gasteiger partial charge is 0.303 e. The van der Waals surface area contributed by atoms with Crippen LogP contribution >= 0.6 is 0 Å². The Labute approximate surface area is 107 Å². The van der Waals surface area contributed by atoms with Crippen molar-refractivity contribution in [3.63, 3.8) is 0 Å². The van der Waals surface area contributed by atoms with Crippen molar-refractivity contribution >= 4 is 11.9 Å². The number of fused-ring (bicyclic) bond motifs is 1. The maximum absolute atomic E-state index is 11.9. The van der Waals surface area contributed by atoms with Gasteiger partial charge in [-0.3, -0.25) is 14.5 Å². The van der Waals surface area contributed by atoms with E-state index < -0.39 is 5.97 Å². The van der Waals surface area contributed by atoms with Crippen molar-refractivity contribution in [2.45, 2.75) is 44.2 Å². The first kappa shape index (κ1) is 12.0.